The maximum atomic E-state index is 13.3. The van der Waals surface area contributed by atoms with Crippen molar-refractivity contribution in [2.24, 2.45) is 0 Å². The molecule has 0 saturated heterocycles. The van der Waals surface area contributed by atoms with Crippen LogP contribution in [0.2, 0.25) is 0 Å². The van der Waals surface area contributed by atoms with Gasteiger partial charge in [0.05, 0.1) is 5.56 Å². The first-order chi connectivity index (χ1) is 8.66. The molecular formula is C13H14F2N2O. The zero-order valence-corrected chi connectivity index (χ0v) is 9.80. The van der Waals surface area contributed by atoms with Gasteiger partial charge >= 0.3 is 0 Å². The van der Waals surface area contributed by atoms with Crippen molar-refractivity contribution in [2.45, 2.75) is 6.42 Å². The molecule has 0 atom stereocenters. The van der Waals surface area contributed by atoms with E-state index in [1.165, 1.54) is 0 Å². The average molecular weight is 252 g/mol. The van der Waals surface area contributed by atoms with Crippen molar-refractivity contribution in [3.05, 3.63) is 47.0 Å². The van der Waals surface area contributed by atoms with Crippen LogP contribution >= 0.6 is 0 Å². The smallest absolute Gasteiger partial charge is 0.254 e. The number of carbonyl (C=O) groups excluding carboxylic acids is 1. The molecule has 0 spiro atoms. The molecule has 1 amide bonds. The number of hydrogen-bond donors (Lipinski definition) is 2. The monoisotopic (exact) mass is 252 g/mol. The lowest BCUT2D eigenvalue weighted by Gasteiger charge is -2.14. The minimum absolute atomic E-state index is 0.133. The van der Waals surface area contributed by atoms with Crippen LogP contribution in [0.1, 0.15) is 16.8 Å². The maximum Gasteiger partial charge on any atom is 0.254 e. The number of halogens is 2. The van der Waals surface area contributed by atoms with Gasteiger partial charge in [-0.3, -0.25) is 4.79 Å². The molecule has 1 aromatic rings. The summed E-state index contributed by atoms with van der Waals surface area (Å²) in [6, 6.07) is 2.93. The molecule has 1 heterocycles. The Morgan fingerprint density at radius 2 is 2.22 bits per heavy atom. The molecule has 96 valence electrons. The third kappa shape index (κ3) is 3.13. The molecule has 1 aromatic carbocycles. The molecule has 1 aliphatic heterocycles. The van der Waals surface area contributed by atoms with Crippen molar-refractivity contribution in [1.82, 2.24) is 10.6 Å². The lowest BCUT2D eigenvalue weighted by Crippen LogP contribution is -2.30. The second-order valence-electron chi connectivity index (χ2n) is 4.12. The number of rotatable bonds is 3. The lowest BCUT2D eigenvalue weighted by atomic mass is 10.1. The zero-order valence-electron chi connectivity index (χ0n) is 9.80. The number of carbonyl (C=O) groups is 1. The van der Waals surface area contributed by atoms with E-state index < -0.39 is 17.5 Å². The topological polar surface area (TPSA) is 41.1 Å². The highest BCUT2D eigenvalue weighted by Crippen LogP contribution is 2.10. The van der Waals surface area contributed by atoms with Gasteiger partial charge < -0.3 is 10.6 Å². The molecule has 0 saturated carbocycles. The van der Waals surface area contributed by atoms with Crippen LogP contribution < -0.4 is 10.6 Å². The highest BCUT2D eigenvalue weighted by Gasteiger charge is 2.12. The maximum absolute atomic E-state index is 13.3. The Morgan fingerprint density at radius 3 is 2.89 bits per heavy atom. The van der Waals surface area contributed by atoms with E-state index in [1.807, 2.05) is 6.08 Å². The fraction of sp³-hybridized carbons (Fsp3) is 0.308. The number of amides is 1. The average Bonchev–Trinajstić information content (AvgIpc) is 2.37. The van der Waals surface area contributed by atoms with Crippen molar-refractivity contribution >= 4 is 5.91 Å². The van der Waals surface area contributed by atoms with Crippen molar-refractivity contribution in [2.75, 3.05) is 19.6 Å². The molecule has 1 aliphatic rings. The fourth-order valence-electron chi connectivity index (χ4n) is 1.79. The Bertz CT molecular complexity index is 486. The minimum atomic E-state index is -0.841. The number of hydrogen-bond acceptors (Lipinski definition) is 2. The Balaban J connectivity index is 1.97. The van der Waals surface area contributed by atoms with E-state index in [2.05, 4.69) is 10.6 Å². The van der Waals surface area contributed by atoms with Gasteiger partial charge in [0.2, 0.25) is 0 Å². The fourth-order valence-corrected chi connectivity index (χ4v) is 1.79. The largest absolute Gasteiger partial charge is 0.348 e. The van der Waals surface area contributed by atoms with Crippen LogP contribution in [0.4, 0.5) is 8.78 Å². The third-order valence-corrected chi connectivity index (χ3v) is 2.81. The van der Waals surface area contributed by atoms with Crippen LogP contribution in [-0.4, -0.2) is 25.5 Å². The van der Waals surface area contributed by atoms with Crippen molar-refractivity contribution < 1.29 is 13.6 Å². The van der Waals surface area contributed by atoms with Gasteiger partial charge in [-0.25, -0.2) is 8.78 Å². The summed E-state index contributed by atoms with van der Waals surface area (Å²) in [7, 11) is 0. The molecule has 18 heavy (non-hydrogen) atoms. The Hall–Kier alpha value is -1.75. The van der Waals surface area contributed by atoms with Crippen molar-refractivity contribution in [1.29, 1.82) is 0 Å². The number of nitrogens with one attached hydrogen (secondary N) is 2. The summed E-state index contributed by atoms with van der Waals surface area (Å²) in [6.45, 7) is 2.07. The van der Waals surface area contributed by atoms with Crippen LogP contribution in [-0.2, 0) is 0 Å². The molecular weight excluding hydrogens is 238 g/mol. The molecule has 0 unspecified atom stereocenters. The second-order valence-corrected chi connectivity index (χ2v) is 4.12. The normalized spacial score (nSPS) is 15.1. The quantitative estimate of drug-likeness (QED) is 0.802. The van der Waals surface area contributed by atoms with Gasteiger partial charge in [0, 0.05) is 19.2 Å². The highest BCUT2D eigenvalue weighted by atomic mass is 19.1. The van der Waals surface area contributed by atoms with Gasteiger partial charge in [0.15, 0.2) is 0 Å². The molecule has 3 nitrogen and oxygen atoms in total. The van der Waals surface area contributed by atoms with Crippen molar-refractivity contribution in [3.8, 4) is 0 Å². The molecule has 0 fully saturated rings. The standard InChI is InChI=1S/C13H14F2N2O/c14-10-1-2-11(12(15)7-10)13(18)17-8-9-3-5-16-6-4-9/h1-3,7,16H,4-6,8H2,(H,17,18). The Labute approximate surface area is 104 Å². The second kappa shape index (κ2) is 5.73. The van der Waals surface area contributed by atoms with E-state index in [9.17, 15) is 13.6 Å². The summed E-state index contributed by atoms with van der Waals surface area (Å²) in [5.41, 5.74) is 0.982. The molecule has 0 aromatic heterocycles. The van der Waals surface area contributed by atoms with Crippen LogP contribution in [0.15, 0.2) is 29.8 Å². The van der Waals surface area contributed by atoms with Gasteiger partial charge in [-0.1, -0.05) is 11.6 Å². The SMILES string of the molecule is O=C(NCC1=CCNCC1)c1ccc(F)cc1F. The van der Waals surface area contributed by atoms with Gasteiger partial charge in [0.1, 0.15) is 11.6 Å². The van der Waals surface area contributed by atoms with Gasteiger partial charge in [-0.15, -0.1) is 0 Å². The van der Waals surface area contributed by atoms with E-state index in [1.54, 1.807) is 0 Å². The molecule has 5 heteroatoms. The van der Waals surface area contributed by atoms with Gasteiger partial charge in [-0.2, -0.15) is 0 Å². The van der Waals surface area contributed by atoms with Crippen LogP contribution in [0.3, 0.4) is 0 Å². The van der Waals surface area contributed by atoms with Crippen LogP contribution in [0.25, 0.3) is 0 Å². The van der Waals surface area contributed by atoms with E-state index in [-0.39, 0.29) is 5.56 Å². The minimum Gasteiger partial charge on any atom is -0.348 e. The zero-order chi connectivity index (χ0) is 13.0. The predicted octanol–water partition coefficient (Wildman–Crippen LogP) is 1.61. The summed E-state index contributed by atoms with van der Waals surface area (Å²) in [5.74, 6) is -2.05. The molecule has 0 radical (unpaired) electrons. The van der Waals surface area contributed by atoms with Gasteiger partial charge in [-0.05, 0) is 25.1 Å². The first-order valence-electron chi connectivity index (χ1n) is 5.78. The molecule has 2 N–H and O–H groups in total. The first-order valence-corrected chi connectivity index (χ1v) is 5.78. The molecule has 0 aliphatic carbocycles. The Kier molecular flexibility index (Phi) is 4.04. The first kappa shape index (κ1) is 12.7. The summed E-state index contributed by atoms with van der Waals surface area (Å²) in [5, 5.41) is 5.79. The highest BCUT2D eigenvalue weighted by molar-refractivity contribution is 5.94. The van der Waals surface area contributed by atoms with Crippen molar-refractivity contribution in [3.63, 3.8) is 0 Å². The van der Waals surface area contributed by atoms with E-state index >= 15 is 0 Å². The van der Waals surface area contributed by atoms with E-state index in [0.29, 0.717) is 12.6 Å². The predicted molar refractivity (Wildman–Crippen MR) is 64.3 cm³/mol. The number of benzene rings is 1. The van der Waals surface area contributed by atoms with Crippen LogP contribution in [0.5, 0.6) is 0 Å². The lowest BCUT2D eigenvalue weighted by molar-refractivity contribution is 0.0952. The van der Waals surface area contributed by atoms with Crippen LogP contribution in [0, 0.1) is 11.6 Å². The molecule has 0 bridgehead atoms. The summed E-state index contributed by atoms with van der Waals surface area (Å²) >= 11 is 0. The summed E-state index contributed by atoms with van der Waals surface area (Å²) in [4.78, 5) is 11.7. The van der Waals surface area contributed by atoms with Gasteiger partial charge in [0.25, 0.3) is 5.91 Å². The summed E-state index contributed by atoms with van der Waals surface area (Å²) < 4.78 is 26.0. The Morgan fingerprint density at radius 1 is 1.39 bits per heavy atom. The summed E-state index contributed by atoms with van der Waals surface area (Å²) in [6.07, 6.45) is 2.87. The third-order valence-electron chi connectivity index (χ3n) is 2.81. The molecule has 2 rings (SSSR count). The van der Waals surface area contributed by atoms with E-state index in [0.717, 1.165) is 37.2 Å². The van der Waals surface area contributed by atoms with E-state index in [4.69, 9.17) is 0 Å².